The smallest absolute Gasteiger partial charge is 0.196 e. The molecule has 0 aromatic heterocycles. The van der Waals surface area contributed by atoms with Gasteiger partial charge < -0.3 is 0 Å². The number of rotatable bonds is 2. The molecule has 1 aliphatic rings. The van der Waals surface area contributed by atoms with Crippen LogP contribution in [-0.2, 0) is 9.63 Å². The summed E-state index contributed by atoms with van der Waals surface area (Å²) in [5.41, 5.74) is 0. The quantitative estimate of drug-likeness (QED) is 0.433. The van der Waals surface area contributed by atoms with E-state index in [9.17, 15) is 4.79 Å². The van der Waals surface area contributed by atoms with Gasteiger partial charge in [0.25, 0.3) is 0 Å². The number of allylic oxidation sites excluding steroid dienone is 2. The Morgan fingerprint density at radius 2 is 1.91 bits per heavy atom. The number of carbonyl (C=O) groups excluding carboxylic acids is 1. The molecular formula is C8H11NO2+. The fourth-order valence-corrected chi connectivity index (χ4v) is 0.830. The zero-order chi connectivity index (χ0) is 8.27. The zero-order valence-corrected chi connectivity index (χ0v) is 6.65. The lowest BCUT2D eigenvalue weighted by atomic mass is 10.2. The number of hydrogen-bond acceptors (Lipinski definition) is 3. The van der Waals surface area contributed by atoms with E-state index in [-0.39, 0.29) is 11.9 Å². The Labute approximate surface area is 65.9 Å². The lowest BCUT2D eigenvalue weighted by Gasteiger charge is -1.98. The van der Waals surface area contributed by atoms with E-state index in [2.05, 4.69) is 0 Å². The van der Waals surface area contributed by atoms with Crippen molar-refractivity contribution in [2.75, 3.05) is 14.1 Å². The molecule has 3 heteroatoms. The third-order valence-corrected chi connectivity index (χ3v) is 1.29. The van der Waals surface area contributed by atoms with Gasteiger partial charge in [-0.3, -0.25) is 0 Å². The first kappa shape index (κ1) is 8.01. The summed E-state index contributed by atoms with van der Waals surface area (Å²) in [5.74, 6) is -0.433. The Morgan fingerprint density at radius 3 is 2.36 bits per heavy atom. The van der Waals surface area contributed by atoms with Crippen molar-refractivity contribution in [3.63, 3.8) is 0 Å². The SMILES string of the molecule is CN(C)OC(=[O+])C1C=CC=C1. The highest BCUT2D eigenvalue weighted by atomic mass is 16.7. The first-order valence-electron chi connectivity index (χ1n) is 3.44. The van der Waals surface area contributed by atoms with Crippen LogP contribution in [0.1, 0.15) is 0 Å². The van der Waals surface area contributed by atoms with Crippen molar-refractivity contribution in [1.82, 2.24) is 5.06 Å². The van der Waals surface area contributed by atoms with E-state index >= 15 is 0 Å². The Kier molecular flexibility index (Phi) is 2.44. The van der Waals surface area contributed by atoms with Crippen LogP contribution in [-0.4, -0.2) is 25.1 Å². The van der Waals surface area contributed by atoms with E-state index in [1.54, 1.807) is 26.2 Å². The van der Waals surface area contributed by atoms with E-state index in [1.807, 2.05) is 12.2 Å². The van der Waals surface area contributed by atoms with Gasteiger partial charge in [-0.1, -0.05) is 24.3 Å². The summed E-state index contributed by atoms with van der Waals surface area (Å²) < 4.78 is 0. The van der Waals surface area contributed by atoms with E-state index < -0.39 is 0 Å². The second kappa shape index (κ2) is 3.34. The van der Waals surface area contributed by atoms with Gasteiger partial charge >= 0.3 is 5.97 Å². The van der Waals surface area contributed by atoms with Gasteiger partial charge in [0.15, 0.2) is 5.92 Å². The molecule has 11 heavy (non-hydrogen) atoms. The molecule has 0 unspecified atom stereocenters. The van der Waals surface area contributed by atoms with Gasteiger partial charge in [0, 0.05) is 14.1 Å². The first-order valence-corrected chi connectivity index (χ1v) is 3.44. The van der Waals surface area contributed by atoms with Crippen LogP contribution in [0.3, 0.4) is 0 Å². The van der Waals surface area contributed by atoms with Crippen LogP contribution in [0, 0.1) is 5.92 Å². The summed E-state index contributed by atoms with van der Waals surface area (Å²) in [5, 5.41) is 1.39. The van der Waals surface area contributed by atoms with Crippen molar-refractivity contribution in [1.29, 1.82) is 0 Å². The largest absolute Gasteiger partial charge is 0.608 e. The normalized spacial score (nSPS) is 16.3. The molecule has 0 aliphatic heterocycles. The average molecular weight is 153 g/mol. The summed E-state index contributed by atoms with van der Waals surface area (Å²) in [6, 6.07) is 0. The van der Waals surface area contributed by atoms with Crippen molar-refractivity contribution in [2.24, 2.45) is 5.92 Å². The van der Waals surface area contributed by atoms with Gasteiger partial charge in [-0.05, 0) is 5.06 Å². The predicted octanol–water partition coefficient (Wildman–Crippen LogP) is 0.748. The molecule has 1 radical (unpaired) electrons. The maximum Gasteiger partial charge on any atom is 0.608 e. The van der Waals surface area contributed by atoms with Crippen LogP contribution in [0.15, 0.2) is 24.3 Å². The molecule has 0 aromatic rings. The van der Waals surface area contributed by atoms with Crippen LogP contribution < -0.4 is 0 Å². The Morgan fingerprint density at radius 1 is 1.36 bits per heavy atom. The van der Waals surface area contributed by atoms with Crippen LogP contribution >= 0.6 is 0 Å². The highest BCUT2D eigenvalue weighted by Crippen LogP contribution is 2.10. The summed E-state index contributed by atoms with van der Waals surface area (Å²) in [6.45, 7) is 0. The van der Waals surface area contributed by atoms with E-state index in [0.717, 1.165) is 0 Å². The molecular weight excluding hydrogens is 142 g/mol. The van der Waals surface area contributed by atoms with Gasteiger partial charge in [-0.2, -0.15) is 4.84 Å². The molecule has 0 heterocycles. The highest BCUT2D eigenvalue weighted by Gasteiger charge is 2.29. The summed E-state index contributed by atoms with van der Waals surface area (Å²) in [4.78, 5) is 15.9. The fraction of sp³-hybridized carbons (Fsp3) is 0.375. The Bertz CT molecular complexity index is 194. The maximum atomic E-state index is 11.1. The minimum Gasteiger partial charge on any atom is -0.196 e. The van der Waals surface area contributed by atoms with Gasteiger partial charge in [-0.25, -0.2) is 0 Å². The summed E-state index contributed by atoms with van der Waals surface area (Å²) >= 11 is 0. The zero-order valence-electron chi connectivity index (χ0n) is 6.65. The second-order valence-electron chi connectivity index (χ2n) is 2.52. The molecule has 0 spiro atoms. The monoisotopic (exact) mass is 153 g/mol. The third kappa shape index (κ3) is 2.20. The minimum absolute atomic E-state index is 0.197. The van der Waals surface area contributed by atoms with Crippen LogP contribution in [0.25, 0.3) is 0 Å². The van der Waals surface area contributed by atoms with E-state index in [0.29, 0.717) is 0 Å². The molecule has 0 fully saturated rings. The van der Waals surface area contributed by atoms with Crippen molar-refractivity contribution < 1.29 is 9.63 Å². The van der Waals surface area contributed by atoms with Crippen LogP contribution in [0.5, 0.6) is 0 Å². The Hall–Kier alpha value is -1.09. The fourth-order valence-electron chi connectivity index (χ4n) is 0.830. The first-order chi connectivity index (χ1) is 5.20. The molecule has 59 valence electrons. The molecule has 0 aromatic carbocycles. The molecule has 1 aliphatic carbocycles. The third-order valence-electron chi connectivity index (χ3n) is 1.29. The van der Waals surface area contributed by atoms with Crippen molar-refractivity contribution >= 4 is 5.97 Å². The minimum atomic E-state index is -0.236. The molecule has 0 N–H and O–H groups in total. The number of nitrogens with zero attached hydrogens (tertiary/aromatic N) is 1. The van der Waals surface area contributed by atoms with E-state index in [1.165, 1.54) is 5.06 Å². The van der Waals surface area contributed by atoms with Gasteiger partial charge in [0.2, 0.25) is 0 Å². The Balaban J connectivity index is 2.42. The standard InChI is InChI=1S/C8H11NO2/c1-9(2)11-8(10)7-5-3-4-6-7/h3-7H,1-2H3/q+1. The van der Waals surface area contributed by atoms with E-state index in [4.69, 9.17) is 4.84 Å². The predicted molar refractivity (Wildman–Crippen MR) is 41.5 cm³/mol. The van der Waals surface area contributed by atoms with Crippen molar-refractivity contribution in [3.8, 4) is 0 Å². The molecule has 3 nitrogen and oxygen atoms in total. The molecule has 0 atom stereocenters. The molecule has 0 bridgehead atoms. The molecule has 0 saturated carbocycles. The number of carbonyl (C=O) groups is 1. The molecule has 0 saturated heterocycles. The maximum absolute atomic E-state index is 11.1. The summed E-state index contributed by atoms with van der Waals surface area (Å²) in [7, 11) is 3.36. The topological polar surface area (TPSA) is 32.4 Å². The number of hydrogen-bond donors (Lipinski definition) is 0. The van der Waals surface area contributed by atoms with Gasteiger partial charge in [-0.15, -0.1) is 0 Å². The van der Waals surface area contributed by atoms with Crippen LogP contribution in [0.4, 0.5) is 0 Å². The highest BCUT2D eigenvalue weighted by molar-refractivity contribution is 5.77. The lowest BCUT2D eigenvalue weighted by molar-refractivity contribution is -0.180. The van der Waals surface area contributed by atoms with Gasteiger partial charge in [0.05, 0.1) is 4.79 Å². The summed E-state index contributed by atoms with van der Waals surface area (Å²) in [6.07, 6.45) is 7.26. The van der Waals surface area contributed by atoms with Crippen molar-refractivity contribution in [2.45, 2.75) is 0 Å². The van der Waals surface area contributed by atoms with Crippen LogP contribution in [0.2, 0.25) is 0 Å². The second-order valence-corrected chi connectivity index (χ2v) is 2.52. The molecule has 0 amide bonds. The number of hydroxylamine groups is 2. The lowest BCUT2D eigenvalue weighted by Crippen LogP contribution is -2.22. The van der Waals surface area contributed by atoms with Crippen molar-refractivity contribution in [3.05, 3.63) is 24.3 Å². The van der Waals surface area contributed by atoms with Gasteiger partial charge in [0.1, 0.15) is 0 Å². The average Bonchev–Trinajstić information content (AvgIpc) is 2.35. The molecule has 1 rings (SSSR count).